The van der Waals surface area contributed by atoms with Gasteiger partial charge in [-0.3, -0.25) is 14.7 Å². The summed E-state index contributed by atoms with van der Waals surface area (Å²) in [5, 5.41) is 0. The van der Waals surface area contributed by atoms with Gasteiger partial charge >= 0.3 is 0 Å². The van der Waals surface area contributed by atoms with Crippen LogP contribution in [0.15, 0.2) is 29.3 Å². The molecule has 1 aromatic rings. The highest BCUT2D eigenvalue weighted by molar-refractivity contribution is 5.98. The number of rotatable bonds is 4. The first kappa shape index (κ1) is 16.8. The topological polar surface area (TPSA) is 45.1 Å². The summed E-state index contributed by atoms with van der Waals surface area (Å²) in [4.78, 5) is 21.4. The van der Waals surface area contributed by atoms with Crippen molar-refractivity contribution in [2.75, 3.05) is 33.3 Å². The molecule has 0 saturated carbocycles. The second-order valence-electron chi connectivity index (χ2n) is 6.74. The van der Waals surface area contributed by atoms with Crippen molar-refractivity contribution >= 4 is 11.9 Å². The molecule has 2 aliphatic heterocycles. The van der Waals surface area contributed by atoms with Crippen LogP contribution < -0.4 is 4.74 Å². The lowest BCUT2D eigenvalue weighted by molar-refractivity contribution is -0.127. The Morgan fingerprint density at radius 1 is 1.21 bits per heavy atom. The van der Waals surface area contributed by atoms with Crippen molar-refractivity contribution in [1.29, 1.82) is 0 Å². The molecule has 1 saturated heterocycles. The molecule has 0 unspecified atom stereocenters. The van der Waals surface area contributed by atoms with Crippen molar-refractivity contribution in [1.82, 2.24) is 9.80 Å². The van der Waals surface area contributed by atoms with Crippen LogP contribution in [0, 0.1) is 5.92 Å². The zero-order valence-corrected chi connectivity index (χ0v) is 14.7. The fraction of sp³-hybridized carbons (Fsp3) is 0.579. The van der Waals surface area contributed by atoms with Gasteiger partial charge in [0, 0.05) is 26.1 Å². The first-order chi connectivity index (χ1) is 11.7. The third kappa shape index (κ3) is 3.89. The van der Waals surface area contributed by atoms with E-state index in [0.29, 0.717) is 6.42 Å². The molecule has 0 N–H and O–H groups in total. The van der Waals surface area contributed by atoms with Crippen molar-refractivity contribution < 1.29 is 9.53 Å². The monoisotopic (exact) mass is 329 g/mol. The Morgan fingerprint density at radius 2 is 1.92 bits per heavy atom. The summed E-state index contributed by atoms with van der Waals surface area (Å²) in [5.74, 6) is 2.71. The fourth-order valence-electron chi connectivity index (χ4n) is 3.33. The number of piperidine rings is 1. The van der Waals surface area contributed by atoms with Crippen molar-refractivity contribution in [3.8, 4) is 5.75 Å². The summed E-state index contributed by atoms with van der Waals surface area (Å²) in [6.07, 6.45) is 3.65. The van der Waals surface area contributed by atoms with Gasteiger partial charge in [0.05, 0.1) is 13.7 Å². The van der Waals surface area contributed by atoms with Gasteiger partial charge < -0.3 is 9.64 Å². The van der Waals surface area contributed by atoms with Gasteiger partial charge in [0.1, 0.15) is 5.75 Å². The van der Waals surface area contributed by atoms with Crippen LogP contribution in [0.25, 0.3) is 0 Å². The van der Waals surface area contributed by atoms with Gasteiger partial charge in [-0.05, 0) is 42.9 Å². The third-order valence-corrected chi connectivity index (χ3v) is 4.97. The number of aliphatic imine (C=N–C) groups is 1. The number of carbonyl (C=O) groups is 1. The lowest BCUT2D eigenvalue weighted by Crippen LogP contribution is -2.47. The minimum Gasteiger partial charge on any atom is -0.497 e. The molecule has 0 atom stereocenters. The maximum absolute atomic E-state index is 12.7. The third-order valence-electron chi connectivity index (χ3n) is 4.97. The average molecular weight is 329 g/mol. The number of amides is 1. The van der Waals surface area contributed by atoms with Crippen LogP contribution in [-0.2, 0) is 11.2 Å². The van der Waals surface area contributed by atoms with Crippen molar-refractivity contribution in [2.45, 2.75) is 32.6 Å². The lowest BCUT2D eigenvalue weighted by Gasteiger charge is -2.34. The molecule has 2 heterocycles. The summed E-state index contributed by atoms with van der Waals surface area (Å²) in [6.45, 7) is 5.79. The number of hydrogen-bond donors (Lipinski definition) is 0. The minimum atomic E-state index is 0.181. The number of likely N-dealkylation sites (tertiary alicyclic amines) is 1. The smallest absolute Gasteiger partial charge is 0.229 e. The molecule has 5 nitrogen and oxygen atoms in total. The Hall–Kier alpha value is -2.04. The fourth-order valence-corrected chi connectivity index (χ4v) is 3.33. The molecule has 3 rings (SSSR count). The van der Waals surface area contributed by atoms with Crippen LogP contribution in [0.3, 0.4) is 0 Å². The zero-order valence-electron chi connectivity index (χ0n) is 14.7. The van der Waals surface area contributed by atoms with E-state index in [-0.39, 0.29) is 5.91 Å². The van der Waals surface area contributed by atoms with Crippen LogP contribution in [0.2, 0.25) is 0 Å². The standard InChI is InChI=1S/C19H27N3O2/c1-15-9-12-21(13-10-15)19-20-11-14-22(19)18(23)8-5-16-3-6-17(24-2)7-4-16/h3-4,6-7,15H,5,8-14H2,1-2H3. The predicted octanol–water partition coefficient (Wildman–Crippen LogP) is 2.56. The number of methoxy groups -OCH3 is 1. The van der Waals surface area contributed by atoms with E-state index in [4.69, 9.17) is 4.74 Å². The molecule has 0 bridgehead atoms. The van der Waals surface area contributed by atoms with Gasteiger partial charge in [0.15, 0.2) is 0 Å². The molecule has 0 radical (unpaired) electrons. The maximum Gasteiger partial charge on any atom is 0.229 e. The summed E-state index contributed by atoms with van der Waals surface area (Å²) >= 11 is 0. The lowest BCUT2D eigenvalue weighted by atomic mass is 9.99. The number of hydrogen-bond acceptors (Lipinski definition) is 4. The number of aryl methyl sites for hydroxylation is 1. The first-order valence-electron chi connectivity index (χ1n) is 8.90. The first-order valence-corrected chi connectivity index (χ1v) is 8.90. The Bertz CT molecular complexity index is 589. The minimum absolute atomic E-state index is 0.181. The molecule has 24 heavy (non-hydrogen) atoms. The number of ether oxygens (including phenoxy) is 1. The van der Waals surface area contributed by atoms with E-state index in [1.807, 2.05) is 29.2 Å². The molecule has 1 amide bonds. The maximum atomic E-state index is 12.7. The Morgan fingerprint density at radius 3 is 2.58 bits per heavy atom. The molecule has 0 aromatic heterocycles. The number of nitrogens with zero attached hydrogens (tertiary/aromatic N) is 3. The highest BCUT2D eigenvalue weighted by Gasteiger charge is 2.29. The van der Waals surface area contributed by atoms with E-state index < -0.39 is 0 Å². The zero-order chi connectivity index (χ0) is 16.9. The van der Waals surface area contributed by atoms with Gasteiger partial charge in [0.25, 0.3) is 0 Å². The Labute approximate surface area is 144 Å². The van der Waals surface area contributed by atoms with Gasteiger partial charge in [-0.1, -0.05) is 19.1 Å². The van der Waals surface area contributed by atoms with Crippen molar-refractivity contribution in [2.24, 2.45) is 10.9 Å². The largest absolute Gasteiger partial charge is 0.497 e. The second-order valence-corrected chi connectivity index (χ2v) is 6.74. The van der Waals surface area contributed by atoms with E-state index in [1.54, 1.807) is 7.11 Å². The van der Waals surface area contributed by atoms with Crippen LogP contribution in [0.1, 0.15) is 31.7 Å². The second kappa shape index (κ2) is 7.69. The van der Waals surface area contributed by atoms with Crippen molar-refractivity contribution in [3.05, 3.63) is 29.8 Å². The highest BCUT2D eigenvalue weighted by atomic mass is 16.5. The Balaban J connectivity index is 1.55. The number of benzene rings is 1. The molecule has 0 aliphatic carbocycles. The molecule has 0 spiro atoms. The molecular formula is C19H27N3O2. The van der Waals surface area contributed by atoms with E-state index >= 15 is 0 Å². The van der Waals surface area contributed by atoms with Crippen LogP contribution >= 0.6 is 0 Å². The molecule has 2 aliphatic rings. The SMILES string of the molecule is COc1ccc(CCC(=O)N2CCN=C2N2CCC(C)CC2)cc1. The predicted molar refractivity (Wildman–Crippen MR) is 95.3 cm³/mol. The van der Waals surface area contributed by atoms with Gasteiger partial charge in [-0.15, -0.1) is 0 Å². The van der Waals surface area contributed by atoms with Crippen molar-refractivity contribution in [3.63, 3.8) is 0 Å². The average Bonchev–Trinajstić information content (AvgIpc) is 3.10. The van der Waals surface area contributed by atoms with E-state index in [9.17, 15) is 4.79 Å². The summed E-state index contributed by atoms with van der Waals surface area (Å²) in [7, 11) is 1.66. The van der Waals surface area contributed by atoms with Crippen LogP contribution in [-0.4, -0.2) is 55.0 Å². The van der Waals surface area contributed by atoms with Gasteiger partial charge in [0.2, 0.25) is 11.9 Å². The van der Waals surface area contributed by atoms with E-state index in [0.717, 1.165) is 55.8 Å². The molecular weight excluding hydrogens is 302 g/mol. The van der Waals surface area contributed by atoms with E-state index in [1.165, 1.54) is 12.8 Å². The molecule has 130 valence electrons. The highest BCUT2D eigenvalue weighted by Crippen LogP contribution is 2.20. The summed E-state index contributed by atoms with van der Waals surface area (Å²) in [5.41, 5.74) is 1.16. The molecule has 1 aromatic carbocycles. The van der Waals surface area contributed by atoms with Gasteiger partial charge in [-0.2, -0.15) is 0 Å². The Kier molecular flexibility index (Phi) is 5.38. The molecule has 5 heteroatoms. The summed E-state index contributed by atoms with van der Waals surface area (Å²) in [6, 6.07) is 7.93. The van der Waals surface area contributed by atoms with E-state index in [2.05, 4.69) is 16.8 Å². The van der Waals surface area contributed by atoms with Gasteiger partial charge in [-0.25, -0.2) is 0 Å². The van der Waals surface area contributed by atoms with Crippen LogP contribution in [0.4, 0.5) is 0 Å². The number of guanidine groups is 1. The quantitative estimate of drug-likeness (QED) is 0.853. The normalized spacial score (nSPS) is 18.7. The summed E-state index contributed by atoms with van der Waals surface area (Å²) < 4.78 is 5.17. The van der Waals surface area contributed by atoms with Crippen LogP contribution in [0.5, 0.6) is 5.75 Å². The molecule has 1 fully saturated rings. The number of carbonyl (C=O) groups excluding carboxylic acids is 1.